The van der Waals surface area contributed by atoms with E-state index in [0.717, 1.165) is 3.57 Å². The van der Waals surface area contributed by atoms with Gasteiger partial charge in [-0.1, -0.05) is 0 Å². The molecule has 0 spiro atoms. The number of rotatable bonds is 1. The number of nitrogens with two attached hydrogens (primary N) is 1. The van der Waals surface area contributed by atoms with E-state index in [1.807, 2.05) is 0 Å². The Morgan fingerprint density at radius 1 is 1.55 bits per heavy atom. The van der Waals surface area contributed by atoms with Crippen molar-refractivity contribution in [3.05, 3.63) is 27.3 Å². The molecule has 0 unspecified atom stereocenters. The highest BCUT2D eigenvalue weighted by Crippen LogP contribution is 2.17. The molecular formula is C7H5ClINO. The first kappa shape index (κ1) is 8.80. The Morgan fingerprint density at radius 3 is 2.64 bits per heavy atom. The van der Waals surface area contributed by atoms with E-state index >= 15 is 0 Å². The predicted octanol–water partition coefficient (Wildman–Crippen LogP) is 2.25. The first-order chi connectivity index (χ1) is 5.11. The molecule has 0 aliphatic carbocycles. The molecule has 0 fully saturated rings. The van der Waals surface area contributed by atoms with Crippen LogP contribution in [0.5, 0.6) is 0 Å². The molecule has 0 bridgehead atoms. The summed E-state index contributed by atoms with van der Waals surface area (Å²) in [5, 5.41) is -0.479. The lowest BCUT2D eigenvalue weighted by Crippen LogP contribution is -1.94. The van der Waals surface area contributed by atoms with Crippen LogP contribution in [-0.4, -0.2) is 5.24 Å². The number of anilines is 1. The zero-order chi connectivity index (χ0) is 8.43. The Balaban J connectivity index is 3.15. The quantitative estimate of drug-likeness (QED) is 0.487. The number of carbonyl (C=O) groups excluding carboxylic acids is 1. The Hall–Kier alpha value is -0.290. The van der Waals surface area contributed by atoms with Crippen molar-refractivity contribution in [1.29, 1.82) is 0 Å². The molecule has 2 nitrogen and oxygen atoms in total. The van der Waals surface area contributed by atoms with Gasteiger partial charge >= 0.3 is 0 Å². The lowest BCUT2D eigenvalue weighted by molar-refractivity contribution is 0.108. The van der Waals surface area contributed by atoms with Crippen molar-refractivity contribution in [3.8, 4) is 0 Å². The van der Waals surface area contributed by atoms with Crippen LogP contribution < -0.4 is 5.73 Å². The second-order valence-corrected chi connectivity index (χ2v) is 3.52. The Labute approximate surface area is 82.9 Å². The van der Waals surface area contributed by atoms with Crippen molar-refractivity contribution in [2.45, 2.75) is 0 Å². The van der Waals surface area contributed by atoms with Gasteiger partial charge in [-0.25, -0.2) is 0 Å². The number of halogens is 2. The van der Waals surface area contributed by atoms with E-state index in [0.29, 0.717) is 11.3 Å². The van der Waals surface area contributed by atoms with Crippen LogP contribution in [-0.2, 0) is 0 Å². The highest BCUT2D eigenvalue weighted by Gasteiger charge is 2.02. The fourth-order valence-electron chi connectivity index (χ4n) is 0.666. The highest BCUT2D eigenvalue weighted by atomic mass is 127. The lowest BCUT2D eigenvalue weighted by Gasteiger charge is -1.98. The summed E-state index contributed by atoms with van der Waals surface area (Å²) in [6.07, 6.45) is 0. The van der Waals surface area contributed by atoms with Crippen LogP contribution >= 0.6 is 34.2 Å². The second kappa shape index (κ2) is 3.40. The van der Waals surface area contributed by atoms with Gasteiger partial charge in [-0.05, 0) is 52.4 Å². The van der Waals surface area contributed by atoms with Crippen molar-refractivity contribution in [1.82, 2.24) is 0 Å². The Bertz CT molecular complexity index is 300. The smallest absolute Gasteiger partial charge is 0.252 e. The molecule has 0 aromatic heterocycles. The van der Waals surface area contributed by atoms with Gasteiger partial charge in [0.15, 0.2) is 0 Å². The maximum atomic E-state index is 10.6. The van der Waals surface area contributed by atoms with Crippen LogP contribution in [0, 0.1) is 3.57 Å². The van der Waals surface area contributed by atoms with Gasteiger partial charge in [-0.3, -0.25) is 4.79 Å². The maximum Gasteiger partial charge on any atom is 0.252 e. The van der Waals surface area contributed by atoms with Crippen LogP contribution in [0.3, 0.4) is 0 Å². The van der Waals surface area contributed by atoms with E-state index in [4.69, 9.17) is 17.3 Å². The number of nitrogen functional groups attached to an aromatic ring is 1. The molecule has 0 saturated heterocycles. The third-order valence-electron chi connectivity index (χ3n) is 1.22. The third-order valence-corrected chi connectivity index (χ3v) is 2.42. The number of hydrogen-bond donors (Lipinski definition) is 1. The summed E-state index contributed by atoms with van der Waals surface area (Å²) in [7, 11) is 0. The molecule has 0 amide bonds. The highest BCUT2D eigenvalue weighted by molar-refractivity contribution is 14.1. The Kier molecular flexibility index (Phi) is 2.72. The fraction of sp³-hybridized carbons (Fsp3) is 0. The number of benzene rings is 1. The van der Waals surface area contributed by atoms with Crippen molar-refractivity contribution in [3.63, 3.8) is 0 Å². The molecule has 1 rings (SSSR count). The average Bonchev–Trinajstić information content (AvgIpc) is 1.94. The molecule has 1 aromatic carbocycles. The van der Waals surface area contributed by atoms with Gasteiger partial charge < -0.3 is 5.73 Å². The van der Waals surface area contributed by atoms with Crippen LogP contribution in [0.1, 0.15) is 10.4 Å². The molecule has 0 atom stereocenters. The van der Waals surface area contributed by atoms with Gasteiger partial charge in [0.1, 0.15) is 0 Å². The zero-order valence-corrected chi connectivity index (χ0v) is 8.39. The molecule has 0 heterocycles. The van der Waals surface area contributed by atoms with Gasteiger partial charge in [0.05, 0.1) is 0 Å². The molecule has 58 valence electrons. The molecule has 2 N–H and O–H groups in total. The van der Waals surface area contributed by atoms with Crippen LogP contribution in [0.15, 0.2) is 18.2 Å². The van der Waals surface area contributed by atoms with E-state index in [1.165, 1.54) is 0 Å². The standard InChI is InChI=1S/C7H5ClINO/c8-7(11)4-1-2-5(9)6(10)3-4/h1-3H,10H2. The van der Waals surface area contributed by atoms with Gasteiger partial charge in [-0.2, -0.15) is 0 Å². The van der Waals surface area contributed by atoms with E-state index in [2.05, 4.69) is 22.6 Å². The first-order valence-electron chi connectivity index (χ1n) is 2.86. The molecule has 0 radical (unpaired) electrons. The second-order valence-electron chi connectivity index (χ2n) is 2.01. The molecule has 0 aliphatic heterocycles. The van der Waals surface area contributed by atoms with Gasteiger partial charge in [-0.15, -0.1) is 0 Å². The molecule has 4 heteroatoms. The van der Waals surface area contributed by atoms with Crippen LogP contribution in [0.2, 0.25) is 0 Å². The first-order valence-corrected chi connectivity index (χ1v) is 4.32. The van der Waals surface area contributed by atoms with Gasteiger partial charge in [0, 0.05) is 14.8 Å². The third kappa shape index (κ3) is 2.07. The summed E-state index contributed by atoms with van der Waals surface area (Å²) in [5.41, 5.74) is 6.56. The van der Waals surface area contributed by atoms with E-state index in [1.54, 1.807) is 18.2 Å². The number of hydrogen-bond acceptors (Lipinski definition) is 2. The van der Waals surface area contributed by atoms with E-state index in [9.17, 15) is 4.79 Å². The van der Waals surface area contributed by atoms with E-state index in [-0.39, 0.29) is 0 Å². The van der Waals surface area contributed by atoms with Crippen molar-refractivity contribution < 1.29 is 4.79 Å². The molecule has 1 aromatic rings. The SMILES string of the molecule is Nc1cc(C(=O)Cl)ccc1I. The van der Waals surface area contributed by atoms with Crippen molar-refractivity contribution in [2.75, 3.05) is 5.73 Å². The molecular weight excluding hydrogens is 276 g/mol. The van der Waals surface area contributed by atoms with Crippen LogP contribution in [0.25, 0.3) is 0 Å². The average molecular weight is 281 g/mol. The predicted molar refractivity (Wildman–Crippen MR) is 53.8 cm³/mol. The molecule has 0 saturated carbocycles. The number of carbonyl (C=O) groups is 1. The summed E-state index contributed by atoms with van der Waals surface area (Å²) in [5.74, 6) is 0. The summed E-state index contributed by atoms with van der Waals surface area (Å²) < 4.78 is 0.921. The minimum absolute atomic E-state index is 0.435. The molecule has 11 heavy (non-hydrogen) atoms. The fourth-order valence-corrected chi connectivity index (χ4v) is 1.12. The minimum atomic E-state index is -0.479. The topological polar surface area (TPSA) is 43.1 Å². The summed E-state index contributed by atoms with van der Waals surface area (Å²) in [4.78, 5) is 10.6. The molecule has 0 aliphatic rings. The van der Waals surface area contributed by atoms with Crippen molar-refractivity contribution >= 4 is 45.1 Å². The normalized spacial score (nSPS) is 9.64. The monoisotopic (exact) mass is 281 g/mol. The van der Waals surface area contributed by atoms with Gasteiger partial charge in [0.2, 0.25) is 0 Å². The lowest BCUT2D eigenvalue weighted by atomic mass is 10.2. The summed E-state index contributed by atoms with van der Waals surface area (Å²) in [6.45, 7) is 0. The summed E-state index contributed by atoms with van der Waals surface area (Å²) in [6, 6.07) is 4.97. The Morgan fingerprint density at radius 2 is 2.18 bits per heavy atom. The van der Waals surface area contributed by atoms with Crippen LogP contribution in [0.4, 0.5) is 5.69 Å². The van der Waals surface area contributed by atoms with Crippen molar-refractivity contribution in [2.24, 2.45) is 0 Å². The minimum Gasteiger partial charge on any atom is -0.398 e. The van der Waals surface area contributed by atoms with E-state index < -0.39 is 5.24 Å². The summed E-state index contributed by atoms with van der Waals surface area (Å²) >= 11 is 7.32. The zero-order valence-electron chi connectivity index (χ0n) is 5.47. The maximum absolute atomic E-state index is 10.6. The largest absolute Gasteiger partial charge is 0.398 e. The van der Waals surface area contributed by atoms with Gasteiger partial charge in [0.25, 0.3) is 5.24 Å².